The second-order valence-corrected chi connectivity index (χ2v) is 4.34. The van der Waals surface area contributed by atoms with Gasteiger partial charge in [-0.25, -0.2) is 4.79 Å². The average Bonchev–Trinajstić information content (AvgIpc) is 2.33. The zero-order valence-corrected chi connectivity index (χ0v) is 10.6. The summed E-state index contributed by atoms with van der Waals surface area (Å²) in [5.41, 5.74) is 4.98. The van der Waals surface area contributed by atoms with E-state index in [1.54, 1.807) is 0 Å². The molecule has 1 saturated heterocycles. The summed E-state index contributed by atoms with van der Waals surface area (Å²) in [5.74, 6) is -1.35. The molecule has 1 fully saturated rings. The summed E-state index contributed by atoms with van der Waals surface area (Å²) in [6, 6.07) is -0.275. The molecule has 108 valence electrons. The summed E-state index contributed by atoms with van der Waals surface area (Å²) in [7, 11) is 0. The van der Waals surface area contributed by atoms with E-state index in [4.69, 9.17) is 15.6 Å². The lowest BCUT2D eigenvalue weighted by molar-refractivity contribution is -0.141. The van der Waals surface area contributed by atoms with Crippen LogP contribution in [0.5, 0.6) is 0 Å². The molecule has 0 radical (unpaired) electrons. The largest absolute Gasteiger partial charge is 0.481 e. The highest BCUT2D eigenvalue weighted by Gasteiger charge is 2.25. The molecule has 8 nitrogen and oxygen atoms in total. The Bertz CT molecular complexity index is 347. The summed E-state index contributed by atoms with van der Waals surface area (Å²) in [6.45, 7) is 1.38. The molecule has 0 spiro atoms. The van der Waals surface area contributed by atoms with Crippen LogP contribution < -0.4 is 11.1 Å². The summed E-state index contributed by atoms with van der Waals surface area (Å²) >= 11 is 0. The zero-order valence-electron chi connectivity index (χ0n) is 10.6. The molecule has 0 aliphatic carbocycles. The van der Waals surface area contributed by atoms with Crippen LogP contribution in [0.15, 0.2) is 0 Å². The monoisotopic (exact) mass is 273 g/mol. The Morgan fingerprint density at radius 1 is 1.42 bits per heavy atom. The number of aliphatic carboxylic acids is 1. The van der Waals surface area contributed by atoms with Gasteiger partial charge in [-0.1, -0.05) is 0 Å². The minimum atomic E-state index is -0.950. The molecule has 0 aromatic carbocycles. The number of urea groups is 1. The van der Waals surface area contributed by atoms with E-state index in [1.807, 2.05) is 0 Å². The summed E-state index contributed by atoms with van der Waals surface area (Å²) in [5, 5.41) is 11.3. The van der Waals surface area contributed by atoms with Crippen LogP contribution in [0.3, 0.4) is 0 Å². The number of carboxylic acid groups (broad SMARTS) is 1. The van der Waals surface area contributed by atoms with Gasteiger partial charge in [0.05, 0.1) is 19.1 Å². The van der Waals surface area contributed by atoms with E-state index in [0.717, 1.165) is 0 Å². The van der Waals surface area contributed by atoms with Crippen molar-refractivity contribution in [1.82, 2.24) is 10.2 Å². The van der Waals surface area contributed by atoms with E-state index in [2.05, 4.69) is 5.32 Å². The number of rotatable bonds is 6. The Kier molecular flexibility index (Phi) is 6.07. The van der Waals surface area contributed by atoms with Gasteiger partial charge >= 0.3 is 12.0 Å². The third kappa shape index (κ3) is 6.05. The van der Waals surface area contributed by atoms with E-state index in [9.17, 15) is 14.4 Å². The number of carbonyl (C=O) groups is 3. The molecule has 0 bridgehead atoms. The summed E-state index contributed by atoms with van der Waals surface area (Å²) < 4.78 is 5.26. The molecule has 1 heterocycles. The summed E-state index contributed by atoms with van der Waals surface area (Å²) in [4.78, 5) is 34.4. The molecule has 0 aromatic rings. The zero-order chi connectivity index (χ0) is 14.3. The molecule has 0 aromatic heterocycles. The quantitative estimate of drug-likeness (QED) is 0.543. The molecule has 1 rings (SSSR count). The van der Waals surface area contributed by atoms with E-state index in [0.29, 0.717) is 26.1 Å². The molecule has 19 heavy (non-hydrogen) atoms. The Morgan fingerprint density at radius 3 is 2.79 bits per heavy atom. The highest BCUT2D eigenvalue weighted by atomic mass is 16.5. The van der Waals surface area contributed by atoms with Crippen LogP contribution in [0.4, 0.5) is 4.79 Å². The van der Waals surface area contributed by atoms with Gasteiger partial charge in [0.2, 0.25) is 5.91 Å². The SMILES string of the molecule is NC(=O)CCCNC(=O)N1CCOC(CC(=O)O)C1. The average molecular weight is 273 g/mol. The van der Waals surface area contributed by atoms with Crippen molar-refractivity contribution in [3.05, 3.63) is 0 Å². The van der Waals surface area contributed by atoms with Gasteiger partial charge < -0.3 is 25.8 Å². The molecular formula is C11H19N3O5. The maximum atomic E-state index is 11.8. The third-order valence-corrected chi connectivity index (χ3v) is 2.70. The Morgan fingerprint density at radius 2 is 2.16 bits per heavy atom. The number of hydrogen-bond donors (Lipinski definition) is 3. The van der Waals surface area contributed by atoms with Crippen LogP contribution in [0.1, 0.15) is 19.3 Å². The minimum Gasteiger partial charge on any atom is -0.481 e. The fraction of sp³-hybridized carbons (Fsp3) is 0.727. The predicted molar refractivity (Wildman–Crippen MR) is 65.4 cm³/mol. The highest BCUT2D eigenvalue weighted by molar-refractivity contribution is 5.75. The molecule has 1 unspecified atom stereocenters. The topological polar surface area (TPSA) is 122 Å². The lowest BCUT2D eigenvalue weighted by Gasteiger charge is -2.32. The Labute approximate surface area is 110 Å². The van der Waals surface area contributed by atoms with Gasteiger partial charge in [0.1, 0.15) is 0 Å². The van der Waals surface area contributed by atoms with Gasteiger partial charge in [-0.15, -0.1) is 0 Å². The van der Waals surface area contributed by atoms with Crippen molar-refractivity contribution >= 4 is 17.9 Å². The number of nitrogens with two attached hydrogens (primary N) is 1. The maximum Gasteiger partial charge on any atom is 0.317 e. The number of carboxylic acids is 1. The molecule has 4 N–H and O–H groups in total. The number of ether oxygens (including phenoxy) is 1. The van der Waals surface area contributed by atoms with Gasteiger partial charge in [0.15, 0.2) is 0 Å². The first kappa shape index (κ1) is 15.2. The Hall–Kier alpha value is -1.83. The maximum absolute atomic E-state index is 11.8. The number of carbonyl (C=O) groups excluding carboxylic acids is 2. The van der Waals surface area contributed by atoms with Crippen molar-refractivity contribution in [2.24, 2.45) is 5.73 Å². The molecule has 1 aliphatic heterocycles. The first-order valence-corrected chi connectivity index (χ1v) is 6.13. The first-order chi connectivity index (χ1) is 8.99. The number of hydrogen-bond acceptors (Lipinski definition) is 4. The number of nitrogens with zero attached hydrogens (tertiary/aromatic N) is 1. The summed E-state index contributed by atoms with van der Waals surface area (Å²) in [6.07, 6.45) is 0.128. The van der Waals surface area contributed by atoms with Gasteiger partial charge in [0.25, 0.3) is 0 Å². The van der Waals surface area contributed by atoms with E-state index >= 15 is 0 Å². The van der Waals surface area contributed by atoms with Crippen LogP contribution in [0.25, 0.3) is 0 Å². The van der Waals surface area contributed by atoms with Gasteiger partial charge in [-0.3, -0.25) is 9.59 Å². The molecule has 1 aliphatic rings. The van der Waals surface area contributed by atoms with Crippen LogP contribution in [-0.2, 0) is 14.3 Å². The molecule has 0 saturated carbocycles. The van der Waals surface area contributed by atoms with E-state index in [-0.39, 0.29) is 25.4 Å². The van der Waals surface area contributed by atoms with Crippen molar-refractivity contribution in [2.75, 3.05) is 26.2 Å². The predicted octanol–water partition coefficient (Wildman–Crippen LogP) is -0.863. The van der Waals surface area contributed by atoms with Crippen molar-refractivity contribution in [1.29, 1.82) is 0 Å². The van der Waals surface area contributed by atoms with Crippen LogP contribution in [0.2, 0.25) is 0 Å². The van der Waals surface area contributed by atoms with Crippen LogP contribution >= 0.6 is 0 Å². The number of amides is 3. The standard InChI is InChI=1S/C11H19N3O5/c12-9(15)2-1-3-13-11(18)14-4-5-19-8(7-14)6-10(16)17/h8H,1-7H2,(H2,12,15)(H,13,18)(H,16,17). The van der Waals surface area contributed by atoms with E-state index < -0.39 is 18.0 Å². The van der Waals surface area contributed by atoms with Gasteiger partial charge in [-0.05, 0) is 6.42 Å². The number of morpholine rings is 1. The second-order valence-electron chi connectivity index (χ2n) is 4.34. The Balaban J connectivity index is 2.27. The molecular weight excluding hydrogens is 254 g/mol. The molecule has 3 amide bonds. The lowest BCUT2D eigenvalue weighted by atomic mass is 10.2. The second kappa shape index (κ2) is 7.57. The number of nitrogens with one attached hydrogen (secondary N) is 1. The number of primary amides is 1. The van der Waals surface area contributed by atoms with Crippen molar-refractivity contribution in [3.63, 3.8) is 0 Å². The molecule has 1 atom stereocenters. The highest BCUT2D eigenvalue weighted by Crippen LogP contribution is 2.08. The van der Waals surface area contributed by atoms with Crippen molar-refractivity contribution in [2.45, 2.75) is 25.4 Å². The minimum absolute atomic E-state index is 0.120. The lowest BCUT2D eigenvalue weighted by Crippen LogP contribution is -2.50. The van der Waals surface area contributed by atoms with Gasteiger partial charge in [-0.2, -0.15) is 0 Å². The van der Waals surface area contributed by atoms with E-state index in [1.165, 1.54) is 4.90 Å². The smallest absolute Gasteiger partial charge is 0.317 e. The first-order valence-electron chi connectivity index (χ1n) is 6.13. The normalized spacial score (nSPS) is 18.9. The fourth-order valence-electron chi connectivity index (χ4n) is 1.79. The fourth-order valence-corrected chi connectivity index (χ4v) is 1.79. The molecule has 8 heteroatoms. The van der Waals surface area contributed by atoms with Crippen molar-refractivity contribution in [3.8, 4) is 0 Å². The van der Waals surface area contributed by atoms with Gasteiger partial charge in [0, 0.05) is 26.1 Å². The third-order valence-electron chi connectivity index (χ3n) is 2.70. The van der Waals surface area contributed by atoms with Crippen LogP contribution in [-0.4, -0.2) is 60.3 Å². The van der Waals surface area contributed by atoms with Crippen LogP contribution in [0, 0.1) is 0 Å². The van der Waals surface area contributed by atoms with Crippen molar-refractivity contribution < 1.29 is 24.2 Å².